The van der Waals surface area contributed by atoms with Crippen LogP contribution in [0, 0.1) is 10.1 Å². The molecule has 0 saturated carbocycles. The van der Waals surface area contributed by atoms with Crippen LogP contribution >= 0.6 is 0 Å². The van der Waals surface area contributed by atoms with Crippen LogP contribution in [0.25, 0.3) is 0 Å². The number of hydrogen-bond donors (Lipinski definition) is 7. The molecular formula is C21H31N7O7. The number of aliphatic hydroxyl groups excluding tert-OH is 1. The molecule has 9 N–H and O–H groups in total. The van der Waals surface area contributed by atoms with Gasteiger partial charge >= 0.3 is 0 Å². The summed E-state index contributed by atoms with van der Waals surface area (Å²) in [4.78, 5) is 61.0. The Bertz CT molecular complexity index is 956. The zero-order valence-corrected chi connectivity index (χ0v) is 19.1. The number of nitro benzene ring substituents is 1. The maximum absolute atomic E-state index is 12.9. The lowest BCUT2D eigenvalue weighted by Gasteiger charge is -2.24. The number of non-ortho nitro benzene ring substituents is 1. The maximum atomic E-state index is 12.9. The van der Waals surface area contributed by atoms with E-state index in [0.29, 0.717) is 25.8 Å². The number of carbonyl (C=O) groups is 4. The molecular weight excluding hydrogens is 462 g/mol. The summed E-state index contributed by atoms with van der Waals surface area (Å²) in [6.45, 7) is -0.172. The van der Waals surface area contributed by atoms with Gasteiger partial charge in [0.05, 0.1) is 17.1 Å². The van der Waals surface area contributed by atoms with Gasteiger partial charge in [-0.2, -0.15) is 0 Å². The van der Waals surface area contributed by atoms with E-state index in [9.17, 15) is 34.4 Å². The molecule has 192 valence electrons. The molecule has 2 rings (SSSR count). The van der Waals surface area contributed by atoms with E-state index >= 15 is 0 Å². The number of anilines is 1. The van der Waals surface area contributed by atoms with Gasteiger partial charge in [0.25, 0.3) is 11.6 Å². The number of fused-ring (bicyclic) bond motifs is 1. The summed E-state index contributed by atoms with van der Waals surface area (Å²) in [6.07, 6.45) is 1.80. The van der Waals surface area contributed by atoms with Gasteiger partial charge in [-0.1, -0.05) is 0 Å². The van der Waals surface area contributed by atoms with Crippen LogP contribution in [0.15, 0.2) is 18.2 Å². The quantitative estimate of drug-likeness (QED) is 0.132. The van der Waals surface area contributed by atoms with E-state index in [4.69, 9.17) is 11.5 Å². The number of nitrogens with one attached hydrogen (secondary N) is 4. The van der Waals surface area contributed by atoms with Crippen LogP contribution in [0.3, 0.4) is 0 Å². The van der Waals surface area contributed by atoms with E-state index in [0.717, 1.165) is 6.07 Å². The Morgan fingerprint density at radius 2 is 1.83 bits per heavy atom. The van der Waals surface area contributed by atoms with Crippen molar-refractivity contribution in [2.24, 2.45) is 11.5 Å². The average molecular weight is 494 g/mol. The first-order valence-corrected chi connectivity index (χ1v) is 11.2. The number of nitrogens with two attached hydrogens (primary N) is 2. The van der Waals surface area contributed by atoms with Crippen molar-refractivity contribution in [3.8, 4) is 0 Å². The van der Waals surface area contributed by atoms with E-state index < -0.39 is 53.3 Å². The Labute approximate surface area is 201 Å². The highest BCUT2D eigenvalue weighted by atomic mass is 16.6. The minimum Gasteiger partial charge on any atom is -0.394 e. The predicted octanol–water partition coefficient (Wildman–Crippen LogP) is -1.52. The number of hydrogen-bond acceptors (Lipinski definition) is 9. The molecule has 1 aromatic carbocycles. The van der Waals surface area contributed by atoms with Crippen molar-refractivity contribution in [1.82, 2.24) is 16.0 Å². The van der Waals surface area contributed by atoms with Gasteiger partial charge < -0.3 is 37.8 Å². The molecule has 14 nitrogen and oxygen atoms in total. The van der Waals surface area contributed by atoms with Crippen molar-refractivity contribution in [2.75, 3.05) is 25.0 Å². The molecule has 14 heteroatoms. The molecule has 1 heterocycles. The van der Waals surface area contributed by atoms with E-state index in [1.54, 1.807) is 0 Å². The van der Waals surface area contributed by atoms with Crippen molar-refractivity contribution < 1.29 is 29.2 Å². The van der Waals surface area contributed by atoms with Gasteiger partial charge in [0.1, 0.15) is 18.1 Å². The first-order chi connectivity index (χ1) is 16.7. The Kier molecular flexibility index (Phi) is 10.4. The maximum Gasteiger partial charge on any atom is 0.270 e. The summed E-state index contributed by atoms with van der Waals surface area (Å²) in [5.41, 5.74) is 10.7. The van der Waals surface area contributed by atoms with E-state index in [-0.39, 0.29) is 36.3 Å². The second-order valence-electron chi connectivity index (χ2n) is 8.07. The van der Waals surface area contributed by atoms with E-state index in [1.807, 2.05) is 0 Å². The predicted molar refractivity (Wildman–Crippen MR) is 125 cm³/mol. The van der Waals surface area contributed by atoms with Gasteiger partial charge in [0.15, 0.2) is 0 Å². The molecule has 0 bridgehead atoms. The van der Waals surface area contributed by atoms with Crippen LogP contribution < -0.4 is 32.7 Å². The second-order valence-corrected chi connectivity index (χ2v) is 8.07. The van der Waals surface area contributed by atoms with Crippen LogP contribution in [0.1, 0.15) is 42.5 Å². The van der Waals surface area contributed by atoms with Gasteiger partial charge in [-0.25, -0.2) is 0 Å². The molecule has 35 heavy (non-hydrogen) atoms. The third-order valence-electron chi connectivity index (χ3n) is 5.49. The number of carbonyl (C=O) groups excluding carboxylic acids is 4. The minimum absolute atomic E-state index is 0.111. The van der Waals surface area contributed by atoms with Crippen LogP contribution in [0.5, 0.6) is 0 Å². The summed E-state index contributed by atoms with van der Waals surface area (Å²) in [5, 5.41) is 31.3. The molecule has 0 aliphatic carbocycles. The van der Waals surface area contributed by atoms with Crippen molar-refractivity contribution in [3.05, 3.63) is 33.9 Å². The van der Waals surface area contributed by atoms with Crippen LogP contribution in [-0.2, 0) is 14.4 Å². The number of primary amides is 1. The molecule has 4 amide bonds. The molecule has 0 aromatic heterocycles. The molecule has 0 fully saturated rings. The molecule has 1 aromatic rings. The highest BCUT2D eigenvalue weighted by Gasteiger charge is 2.30. The lowest BCUT2D eigenvalue weighted by molar-refractivity contribution is -0.384. The van der Waals surface area contributed by atoms with Crippen molar-refractivity contribution in [3.63, 3.8) is 0 Å². The summed E-state index contributed by atoms with van der Waals surface area (Å²) in [6, 6.07) is 0.0830. The number of nitrogens with zero attached hydrogens (tertiary/aromatic N) is 1. The summed E-state index contributed by atoms with van der Waals surface area (Å²) >= 11 is 0. The van der Waals surface area contributed by atoms with E-state index in [2.05, 4.69) is 21.3 Å². The Morgan fingerprint density at radius 1 is 1.11 bits per heavy atom. The average Bonchev–Trinajstić information content (AvgIpc) is 2.82. The van der Waals surface area contributed by atoms with Gasteiger partial charge in [-0.05, 0) is 44.7 Å². The monoisotopic (exact) mass is 493 g/mol. The van der Waals surface area contributed by atoms with Gasteiger partial charge in [0.2, 0.25) is 17.7 Å². The lowest BCUT2D eigenvalue weighted by Crippen LogP contribution is -2.57. The summed E-state index contributed by atoms with van der Waals surface area (Å²) in [5.74, 6) is -3.07. The van der Waals surface area contributed by atoms with Gasteiger partial charge in [0, 0.05) is 24.4 Å². The van der Waals surface area contributed by atoms with Gasteiger partial charge in [-0.3, -0.25) is 29.3 Å². The molecule has 0 spiro atoms. The largest absolute Gasteiger partial charge is 0.394 e. The molecule has 3 unspecified atom stereocenters. The fraction of sp³-hybridized carbons (Fsp3) is 0.524. The van der Waals surface area contributed by atoms with Crippen molar-refractivity contribution in [1.29, 1.82) is 0 Å². The number of benzene rings is 1. The number of nitro groups is 1. The van der Waals surface area contributed by atoms with Crippen LogP contribution in [0.4, 0.5) is 11.4 Å². The minimum atomic E-state index is -1.45. The SMILES string of the molecule is NCCCCC1NC(=O)C(CO)NC(=O)c2cc([N+](=O)[O-])ccc2NCCCC(C(N)=O)NC1=O. The van der Waals surface area contributed by atoms with E-state index in [1.165, 1.54) is 12.1 Å². The number of unbranched alkanes of at least 4 members (excludes halogenated alkanes) is 1. The zero-order chi connectivity index (χ0) is 26.0. The third kappa shape index (κ3) is 7.89. The first-order valence-electron chi connectivity index (χ1n) is 11.2. The van der Waals surface area contributed by atoms with Crippen molar-refractivity contribution >= 4 is 35.0 Å². The normalized spacial score (nSPS) is 21.8. The summed E-state index contributed by atoms with van der Waals surface area (Å²) < 4.78 is 0. The van der Waals surface area contributed by atoms with Crippen molar-refractivity contribution in [2.45, 2.75) is 50.2 Å². The topological polar surface area (TPSA) is 232 Å². The third-order valence-corrected chi connectivity index (χ3v) is 5.49. The van der Waals surface area contributed by atoms with Gasteiger partial charge in [-0.15, -0.1) is 0 Å². The number of rotatable bonds is 7. The second kappa shape index (κ2) is 13.2. The smallest absolute Gasteiger partial charge is 0.270 e. The Morgan fingerprint density at radius 3 is 2.46 bits per heavy atom. The number of aliphatic hydroxyl groups is 1. The fourth-order valence-corrected chi connectivity index (χ4v) is 3.54. The first kappa shape index (κ1) is 27.5. The van der Waals surface area contributed by atoms with Crippen LogP contribution in [-0.4, -0.2) is 71.5 Å². The lowest BCUT2D eigenvalue weighted by atomic mass is 10.1. The summed E-state index contributed by atoms with van der Waals surface area (Å²) in [7, 11) is 0. The molecule has 1 aliphatic rings. The molecule has 0 saturated heterocycles. The zero-order valence-electron chi connectivity index (χ0n) is 19.1. The van der Waals surface area contributed by atoms with Crippen LogP contribution in [0.2, 0.25) is 0 Å². The Hall–Kier alpha value is -3.78. The molecule has 0 radical (unpaired) electrons. The highest BCUT2D eigenvalue weighted by molar-refractivity contribution is 6.03. The Balaban J connectivity index is 2.40. The molecule has 1 aliphatic heterocycles. The standard InChI is InChI=1S/C21H31N7O7/c22-8-2-1-4-16-20(32)25-15(18(23)30)5-3-9-24-14-7-6-12(28(34)35)10-13(14)19(31)27-17(11-29)21(33)26-16/h6-7,10,15-17,24,29H,1-5,8-9,11,22H2,(H2,23,30)(H,25,32)(H,26,33)(H,27,31). The molecule has 3 atom stereocenters. The number of amides is 4. The highest BCUT2D eigenvalue weighted by Crippen LogP contribution is 2.23. The fourth-order valence-electron chi connectivity index (χ4n) is 3.54.